The van der Waals surface area contributed by atoms with Crippen molar-refractivity contribution >= 4 is 20.4 Å². The Hall–Kier alpha value is -0.560. The molecule has 0 saturated carbocycles. The molecule has 0 saturated heterocycles. The molecule has 12 heavy (non-hydrogen) atoms. The van der Waals surface area contributed by atoms with Crippen molar-refractivity contribution < 1.29 is 0 Å². The van der Waals surface area contributed by atoms with Crippen LogP contribution in [0.25, 0.3) is 4.48 Å². The maximum absolute atomic E-state index is 3.59. The van der Waals surface area contributed by atoms with E-state index in [2.05, 4.69) is 53.2 Å². The Bertz CT molecular complexity index is 326. The summed E-state index contributed by atoms with van der Waals surface area (Å²) >= 11 is 3.59. The number of benzene rings is 1. The van der Waals surface area contributed by atoms with Gasteiger partial charge in [0.25, 0.3) is 0 Å². The van der Waals surface area contributed by atoms with E-state index in [0.29, 0.717) is 5.92 Å². The highest BCUT2D eigenvalue weighted by Gasteiger charge is 2.13. The molecule has 0 N–H and O–H groups in total. The molecule has 0 spiro atoms. The largest absolute Gasteiger partial charge is 0.0665 e. The average molecular weight is 223 g/mol. The number of rotatable bonds is 0. The molecular weight excluding hydrogens is 212 g/mol. The first-order valence-corrected chi connectivity index (χ1v) is 5.02. The van der Waals surface area contributed by atoms with Crippen molar-refractivity contribution in [2.45, 2.75) is 13.3 Å². The molecule has 0 radical (unpaired) electrons. The molecule has 0 amide bonds. The minimum atomic E-state index is 0.661. The highest BCUT2D eigenvalue weighted by molar-refractivity contribution is 9.15. The van der Waals surface area contributed by atoms with Crippen molar-refractivity contribution in [3.63, 3.8) is 0 Å². The molecule has 1 aromatic rings. The zero-order valence-corrected chi connectivity index (χ0v) is 8.64. The van der Waals surface area contributed by atoms with Crippen LogP contribution in [0.2, 0.25) is 0 Å². The number of hydrogen-bond acceptors (Lipinski definition) is 0. The van der Waals surface area contributed by atoms with Gasteiger partial charge in [0, 0.05) is 4.48 Å². The summed E-state index contributed by atoms with van der Waals surface area (Å²) in [6.45, 7) is 2.25. The lowest BCUT2D eigenvalue weighted by Gasteiger charge is -2.18. The third-order valence-electron chi connectivity index (χ3n) is 2.25. The van der Waals surface area contributed by atoms with Crippen LogP contribution in [-0.4, -0.2) is 0 Å². The van der Waals surface area contributed by atoms with Crippen LogP contribution >= 0.6 is 15.9 Å². The summed E-state index contributed by atoms with van der Waals surface area (Å²) < 4.78 is 1.25. The lowest BCUT2D eigenvalue weighted by molar-refractivity contribution is 0.716. The second-order valence-electron chi connectivity index (χ2n) is 3.35. The topological polar surface area (TPSA) is 0 Å². The molecule has 0 aromatic heterocycles. The summed E-state index contributed by atoms with van der Waals surface area (Å²) in [5.74, 6) is 0.661. The SMILES string of the molecule is CC1C=C(Br)c2ccccc2C1. The van der Waals surface area contributed by atoms with Crippen LogP contribution in [0, 0.1) is 5.92 Å². The Morgan fingerprint density at radius 1 is 1.33 bits per heavy atom. The lowest BCUT2D eigenvalue weighted by Crippen LogP contribution is -2.04. The summed E-state index contributed by atoms with van der Waals surface area (Å²) in [4.78, 5) is 0. The molecule has 0 heterocycles. The zero-order valence-electron chi connectivity index (χ0n) is 7.05. The van der Waals surface area contributed by atoms with Crippen LogP contribution in [0.3, 0.4) is 0 Å². The molecule has 1 aromatic carbocycles. The van der Waals surface area contributed by atoms with Gasteiger partial charge < -0.3 is 0 Å². The van der Waals surface area contributed by atoms with Gasteiger partial charge in [-0.3, -0.25) is 0 Å². The van der Waals surface area contributed by atoms with Crippen LogP contribution in [0.1, 0.15) is 18.1 Å². The van der Waals surface area contributed by atoms with Crippen LogP contribution in [-0.2, 0) is 6.42 Å². The molecule has 1 atom stereocenters. The van der Waals surface area contributed by atoms with E-state index in [4.69, 9.17) is 0 Å². The summed E-state index contributed by atoms with van der Waals surface area (Å²) in [5.41, 5.74) is 2.81. The normalized spacial score (nSPS) is 21.5. The first kappa shape index (κ1) is 8.06. The van der Waals surface area contributed by atoms with Crippen molar-refractivity contribution in [3.8, 4) is 0 Å². The second-order valence-corrected chi connectivity index (χ2v) is 4.21. The van der Waals surface area contributed by atoms with Crippen molar-refractivity contribution in [1.82, 2.24) is 0 Å². The van der Waals surface area contributed by atoms with Gasteiger partial charge in [0.1, 0.15) is 0 Å². The molecular formula is C11H11Br. The molecule has 1 aliphatic carbocycles. The fourth-order valence-electron chi connectivity index (χ4n) is 1.68. The highest BCUT2D eigenvalue weighted by atomic mass is 79.9. The average Bonchev–Trinajstić information content (AvgIpc) is 2.04. The highest BCUT2D eigenvalue weighted by Crippen LogP contribution is 2.32. The van der Waals surface area contributed by atoms with E-state index in [-0.39, 0.29) is 0 Å². The first-order valence-electron chi connectivity index (χ1n) is 4.23. The molecule has 1 unspecified atom stereocenters. The summed E-state index contributed by atoms with van der Waals surface area (Å²) in [6.07, 6.45) is 3.45. The Morgan fingerprint density at radius 2 is 2.08 bits per heavy atom. The molecule has 62 valence electrons. The number of halogens is 1. The lowest BCUT2D eigenvalue weighted by atomic mass is 9.91. The van der Waals surface area contributed by atoms with Gasteiger partial charge in [-0.2, -0.15) is 0 Å². The van der Waals surface area contributed by atoms with Gasteiger partial charge in [-0.1, -0.05) is 53.2 Å². The standard InChI is InChI=1S/C11H11Br/c1-8-6-9-4-2-3-5-10(9)11(12)7-8/h2-5,7-8H,6H2,1H3. The monoisotopic (exact) mass is 222 g/mol. The van der Waals surface area contributed by atoms with Gasteiger partial charge in [-0.15, -0.1) is 0 Å². The van der Waals surface area contributed by atoms with E-state index in [1.54, 1.807) is 0 Å². The van der Waals surface area contributed by atoms with E-state index >= 15 is 0 Å². The molecule has 0 fully saturated rings. The van der Waals surface area contributed by atoms with Crippen LogP contribution in [0.15, 0.2) is 30.3 Å². The zero-order chi connectivity index (χ0) is 8.55. The third-order valence-corrected chi connectivity index (χ3v) is 2.94. The minimum Gasteiger partial charge on any atom is -0.0665 e. The van der Waals surface area contributed by atoms with Gasteiger partial charge >= 0.3 is 0 Å². The van der Waals surface area contributed by atoms with Crippen molar-refractivity contribution in [3.05, 3.63) is 41.5 Å². The second kappa shape index (κ2) is 3.06. The predicted molar refractivity (Wildman–Crippen MR) is 56.2 cm³/mol. The molecule has 1 aliphatic rings. The van der Waals surface area contributed by atoms with Crippen molar-refractivity contribution in [2.75, 3.05) is 0 Å². The van der Waals surface area contributed by atoms with Gasteiger partial charge in [0.2, 0.25) is 0 Å². The first-order chi connectivity index (χ1) is 5.77. The van der Waals surface area contributed by atoms with Crippen molar-refractivity contribution in [2.24, 2.45) is 5.92 Å². The fraction of sp³-hybridized carbons (Fsp3) is 0.273. The predicted octanol–water partition coefficient (Wildman–Crippen LogP) is 3.61. The minimum absolute atomic E-state index is 0.661. The third kappa shape index (κ3) is 1.34. The molecule has 0 nitrogen and oxygen atoms in total. The van der Waals surface area contributed by atoms with Crippen molar-refractivity contribution in [1.29, 1.82) is 0 Å². The Labute approximate surface area is 81.4 Å². The fourth-order valence-corrected chi connectivity index (χ4v) is 2.51. The number of hydrogen-bond donors (Lipinski definition) is 0. The number of allylic oxidation sites excluding steroid dienone is 1. The van der Waals surface area contributed by atoms with E-state index < -0.39 is 0 Å². The van der Waals surface area contributed by atoms with E-state index in [9.17, 15) is 0 Å². The maximum atomic E-state index is 3.59. The van der Waals surface area contributed by atoms with Gasteiger partial charge in [0.05, 0.1) is 0 Å². The van der Waals surface area contributed by atoms with Crippen LogP contribution in [0.5, 0.6) is 0 Å². The molecule has 0 bridgehead atoms. The summed E-state index contributed by atoms with van der Waals surface area (Å²) in [5, 5.41) is 0. The van der Waals surface area contributed by atoms with E-state index in [1.165, 1.54) is 22.0 Å². The maximum Gasteiger partial charge on any atom is 0.0213 e. The van der Waals surface area contributed by atoms with Gasteiger partial charge in [-0.25, -0.2) is 0 Å². The summed E-state index contributed by atoms with van der Waals surface area (Å²) in [7, 11) is 0. The van der Waals surface area contributed by atoms with Gasteiger partial charge in [0.15, 0.2) is 0 Å². The molecule has 2 rings (SSSR count). The molecule has 0 aliphatic heterocycles. The van der Waals surface area contributed by atoms with E-state index in [0.717, 1.165) is 0 Å². The summed E-state index contributed by atoms with van der Waals surface area (Å²) in [6, 6.07) is 8.57. The quantitative estimate of drug-likeness (QED) is 0.630. The Morgan fingerprint density at radius 3 is 2.92 bits per heavy atom. The Kier molecular flexibility index (Phi) is 2.05. The number of fused-ring (bicyclic) bond motifs is 1. The van der Waals surface area contributed by atoms with Crippen LogP contribution < -0.4 is 0 Å². The van der Waals surface area contributed by atoms with Gasteiger partial charge in [-0.05, 0) is 23.5 Å². The molecule has 1 heteroatoms. The van der Waals surface area contributed by atoms with Crippen LogP contribution in [0.4, 0.5) is 0 Å². The smallest absolute Gasteiger partial charge is 0.0213 e. The van der Waals surface area contributed by atoms with E-state index in [1.807, 2.05) is 0 Å². The Balaban J connectivity index is 2.53.